The zero-order valence-corrected chi connectivity index (χ0v) is 12.4. The number of nitrogens with one attached hydrogen (secondary N) is 1. The van der Waals surface area contributed by atoms with Crippen LogP contribution in [0.2, 0.25) is 10.0 Å². The van der Waals surface area contributed by atoms with Crippen molar-refractivity contribution in [2.24, 2.45) is 0 Å². The normalized spacial score (nSPS) is 13.7. The fraction of sp³-hybridized carbons (Fsp3) is 0.188. The van der Waals surface area contributed by atoms with Crippen LogP contribution in [0.25, 0.3) is 0 Å². The Bertz CT molecular complexity index is 667. The molecule has 0 spiro atoms. The van der Waals surface area contributed by atoms with Crippen LogP contribution in [0.4, 0.5) is 0 Å². The minimum Gasteiger partial charge on any atom is -0.352 e. The number of rotatable bonds is 3. The molecule has 0 amide bonds. The zero-order chi connectivity index (χ0) is 14.1. The van der Waals surface area contributed by atoms with Crippen molar-refractivity contribution in [1.29, 1.82) is 5.41 Å². The monoisotopic (exact) mass is 304 g/mol. The van der Waals surface area contributed by atoms with E-state index in [1.165, 1.54) is 5.56 Å². The molecule has 1 N–H and O–H groups in total. The summed E-state index contributed by atoms with van der Waals surface area (Å²) in [7, 11) is 0. The van der Waals surface area contributed by atoms with Crippen molar-refractivity contribution in [1.82, 2.24) is 4.90 Å². The predicted octanol–water partition coefficient (Wildman–Crippen LogP) is 4.38. The molecule has 0 unspecified atom stereocenters. The molecule has 1 heterocycles. The van der Waals surface area contributed by atoms with Gasteiger partial charge < -0.3 is 4.90 Å². The van der Waals surface area contributed by atoms with E-state index in [4.69, 9.17) is 28.6 Å². The highest BCUT2D eigenvalue weighted by atomic mass is 35.5. The minimum atomic E-state index is 0.602. The third-order valence-corrected chi connectivity index (χ3v) is 4.20. The second-order valence-corrected chi connectivity index (χ2v) is 5.76. The average molecular weight is 305 g/mol. The Kier molecular flexibility index (Phi) is 3.68. The Morgan fingerprint density at radius 1 is 1.10 bits per heavy atom. The molecule has 102 valence electrons. The van der Waals surface area contributed by atoms with Gasteiger partial charge in [-0.1, -0.05) is 53.5 Å². The van der Waals surface area contributed by atoms with E-state index in [1.807, 2.05) is 30.3 Å². The molecule has 0 bridgehead atoms. The van der Waals surface area contributed by atoms with Gasteiger partial charge in [-0.2, -0.15) is 0 Å². The van der Waals surface area contributed by atoms with E-state index in [-0.39, 0.29) is 0 Å². The molecule has 0 atom stereocenters. The molecule has 2 nitrogen and oxygen atoms in total. The van der Waals surface area contributed by atoms with Crippen LogP contribution < -0.4 is 0 Å². The predicted molar refractivity (Wildman–Crippen MR) is 83.8 cm³/mol. The molecule has 0 fully saturated rings. The maximum Gasteiger partial charge on any atom is 0.128 e. The Labute approximate surface area is 128 Å². The highest BCUT2D eigenvalue weighted by molar-refractivity contribution is 6.35. The molecular formula is C16H14Cl2N2. The van der Waals surface area contributed by atoms with Crippen LogP contribution in [-0.2, 0) is 13.0 Å². The van der Waals surface area contributed by atoms with Gasteiger partial charge in [0.15, 0.2) is 0 Å². The highest BCUT2D eigenvalue weighted by Gasteiger charge is 2.23. The number of hydrogen-bond acceptors (Lipinski definition) is 1. The first-order valence-electron chi connectivity index (χ1n) is 6.51. The smallest absolute Gasteiger partial charge is 0.128 e. The summed E-state index contributed by atoms with van der Waals surface area (Å²) >= 11 is 12.1. The van der Waals surface area contributed by atoms with Gasteiger partial charge in [-0.05, 0) is 29.7 Å². The standard InChI is InChI=1S/C16H14Cl2N2/c17-13-6-5-11(15(18)9-13)7-8-20-10-12-3-1-2-4-14(12)16(20)19/h1-6,9,19H,7-8,10H2. The van der Waals surface area contributed by atoms with Crippen LogP contribution in [0.15, 0.2) is 42.5 Å². The topological polar surface area (TPSA) is 27.1 Å². The van der Waals surface area contributed by atoms with E-state index in [0.717, 1.165) is 30.6 Å². The molecule has 0 saturated heterocycles. The summed E-state index contributed by atoms with van der Waals surface area (Å²) in [4.78, 5) is 2.08. The number of hydrogen-bond donors (Lipinski definition) is 1. The summed E-state index contributed by atoms with van der Waals surface area (Å²) in [6.45, 7) is 1.59. The Morgan fingerprint density at radius 2 is 1.90 bits per heavy atom. The van der Waals surface area contributed by atoms with Gasteiger partial charge in [0.2, 0.25) is 0 Å². The molecule has 2 aromatic carbocycles. The molecule has 0 aliphatic carbocycles. The van der Waals surface area contributed by atoms with Crippen molar-refractivity contribution in [2.45, 2.75) is 13.0 Å². The van der Waals surface area contributed by atoms with E-state index in [1.54, 1.807) is 6.07 Å². The summed E-state index contributed by atoms with van der Waals surface area (Å²) in [5.74, 6) is 0.602. The molecule has 0 aromatic heterocycles. The van der Waals surface area contributed by atoms with E-state index >= 15 is 0 Å². The number of amidine groups is 1. The first-order valence-corrected chi connectivity index (χ1v) is 7.26. The van der Waals surface area contributed by atoms with Gasteiger partial charge in [0.05, 0.1) is 0 Å². The molecule has 2 aromatic rings. The van der Waals surface area contributed by atoms with Crippen molar-refractivity contribution in [3.63, 3.8) is 0 Å². The van der Waals surface area contributed by atoms with Gasteiger partial charge in [0, 0.05) is 28.7 Å². The second-order valence-electron chi connectivity index (χ2n) is 4.91. The lowest BCUT2D eigenvalue weighted by atomic mass is 10.1. The molecule has 4 heteroatoms. The fourth-order valence-electron chi connectivity index (χ4n) is 2.51. The third-order valence-electron chi connectivity index (χ3n) is 3.62. The lowest BCUT2D eigenvalue weighted by Crippen LogP contribution is -2.26. The lowest BCUT2D eigenvalue weighted by molar-refractivity contribution is 0.432. The fourth-order valence-corrected chi connectivity index (χ4v) is 3.02. The Balaban J connectivity index is 1.70. The number of halogens is 2. The Morgan fingerprint density at radius 3 is 2.65 bits per heavy atom. The minimum absolute atomic E-state index is 0.602. The largest absolute Gasteiger partial charge is 0.352 e. The number of benzene rings is 2. The third kappa shape index (κ3) is 2.54. The summed E-state index contributed by atoms with van der Waals surface area (Å²) in [6.07, 6.45) is 0.812. The quantitative estimate of drug-likeness (QED) is 0.895. The van der Waals surface area contributed by atoms with Gasteiger partial charge in [0.25, 0.3) is 0 Å². The van der Waals surface area contributed by atoms with Crippen molar-refractivity contribution < 1.29 is 0 Å². The number of fused-ring (bicyclic) bond motifs is 1. The van der Waals surface area contributed by atoms with E-state index in [9.17, 15) is 0 Å². The van der Waals surface area contributed by atoms with Crippen LogP contribution in [0, 0.1) is 5.41 Å². The molecule has 20 heavy (non-hydrogen) atoms. The highest BCUT2D eigenvalue weighted by Crippen LogP contribution is 2.25. The van der Waals surface area contributed by atoms with Crippen LogP contribution in [0.1, 0.15) is 16.7 Å². The maximum atomic E-state index is 8.21. The second kappa shape index (κ2) is 5.47. The first-order chi connectivity index (χ1) is 9.65. The summed E-state index contributed by atoms with van der Waals surface area (Å²) in [5, 5.41) is 9.56. The van der Waals surface area contributed by atoms with E-state index < -0.39 is 0 Å². The zero-order valence-electron chi connectivity index (χ0n) is 10.9. The van der Waals surface area contributed by atoms with Crippen molar-refractivity contribution >= 4 is 29.0 Å². The average Bonchev–Trinajstić information content (AvgIpc) is 2.75. The maximum absolute atomic E-state index is 8.21. The molecule has 0 saturated carbocycles. The molecule has 1 aliphatic rings. The van der Waals surface area contributed by atoms with Gasteiger partial charge in [-0.3, -0.25) is 5.41 Å². The number of nitrogens with zero attached hydrogens (tertiary/aromatic N) is 1. The Hall–Kier alpha value is -1.51. The lowest BCUT2D eigenvalue weighted by Gasteiger charge is -2.18. The van der Waals surface area contributed by atoms with Gasteiger partial charge in [-0.15, -0.1) is 0 Å². The molecule has 1 aliphatic heterocycles. The molecular weight excluding hydrogens is 291 g/mol. The summed E-state index contributed by atoms with van der Waals surface area (Å²) < 4.78 is 0. The van der Waals surface area contributed by atoms with Crippen LogP contribution in [0.5, 0.6) is 0 Å². The molecule has 0 radical (unpaired) electrons. The molecule has 3 rings (SSSR count). The SMILES string of the molecule is N=C1c2ccccc2CN1CCc1ccc(Cl)cc1Cl. The van der Waals surface area contributed by atoms with Crippen molar-refractivity contribution in [2.75, 3.05) is 6.54 Å². The van der Waals surface area contributed by atoms with Gasteiger partial charge in [-0.25, -0.2) is 0 Å². The summed E-state index contributed by atoms with van der Waals surface area (Å²) in [6, 6.07) is 13.7. The van der Waals surface area contributed by atoms with Gasteiger partial charge >= 0.3 is 0 Å². The summed E-state index contributed by atoms with van der Waals surface area (Å²) in [5.41, 5.74) is 3.33. The van der Waals surface area contributed by atoms with Crippen molar-refractivity contribution in [3.8, 4) is 0 Å². The van der Waals surface area contributed by atoms with E-state index in [0.29, 0.717) is 15.9 Å². The van der Waals surface area contributed by atoms with Crippen LogP contribution in [0.3, 0.4) is 0 Å². The first kappa shape index (κ1) is 13.5. The van der Waals surface area contributed by atoms with E-state index in [2.05, 4.69) is 11.0 Å². The van der Waals surface area contributed by atoms with Crippen LogP contribution in [-0.4, -0.2) is 17.3 Å². The van der Waals surface area contributed by atoms with Gasteiger partial charge in [0.1, 0.15) is 5.84 Å². The van der Waals surface area contributed by atoms with Crippen molar-refractivity contribution in [3.05, 3.63) is 69.2 Å². The van der Waals surface area contributed by atoms with Crippen LogP contribution >= 0.6 is 23.2 Å².